The van der Waals surface area contributed by atoms with Crippen LogP contribution < -0.4 is 0 Å². The predicted octanol–water partition coefficient (Wildman–Crippen LogP) is 4.89. The molecule has 1 nitrogen and oxygen atoms in total. The summed E-state index contributed by atoms with van der Waals surface area (Å²) in [5, 5.41) is 0. The van der Waals surface area contributed by atoms with Gasteiger partial charge in [0.05, 0.1) is 0 Å². The highest BCUT2D eigenvalue weighted by Gasteiger charge is 1.89. The first-order chi connectivity index (χ1) is 6.41. The second-order valence-corrected chi connectivity index (χ2v) is 4.64. The molecule has 0 heterocycles. The van der Waals surface area contributed by atoms with Gasteiger partial charge in [-0.1, -0.05) is 52.4 Å². The Morgan fingerprint density at radius 3 is 2.08 bits per heavy atom. The summed E-state index contributed by atoms with van der Waals surface area (Å²) in [6.07, 6.45) is 10.9. The summed E-state index contributed by atoms with van der Waals surface area (Å²) in [5.41, 5.74) is 0. The van der Waals surface area contributed by atoms with E-state index in [4.69, 9.17) is 0 Å². The van der Waals surface area contributed by atoms with Gasteiger partial charge in [0.1, 0.15) is 0 Å². The summed E-state index contributed by atoms with van der Waals surface area (Å²) in [6, 6.07) is 0. The smallest absolute Gasteiger partial charge is 0.0432 e. The van der Waals surface area contributed by atoms with Crippen molar-refractivity contribution in [3.63, 3.8) is 0 Å². The maximum atomic E-state index is 4.40. The number of rotatable bonds is 9. The molecule has 2 heteroatoms. The molecule has 13 heavy (non-hydrogen) atoms. The van der Waals surface area contributed by atoms with E-state index in [0.717, 1.165) is 6.54 Å². The molecule has 0 radical (unpaired) electrons. The Hall–Kier alpha value is 0.100. The lowest BCUT2D eigenvalue weighted by Gasteiger charge is -1.98. The molecule has 0 aliphatic rings. The minimum absolute atomic E-state index is 1.09. The van der Waals surface area contributed by atoms with E-state index >= 15 is 0 Å². The summed E-state index contributed by atoms with van der Waals surface area (Å²) in [4.78, 5) is 0. The third kappa shape index (κ3) is 12.1. The van der Waals surface area contributed by atoms with E-state index in [-0.39, 0.29) is 0 Å². The van der Waals surface area contributed by atoms with Crippen LogP contribution in [0, 0.1) is 0 Å². The summed E-state index contributed by atoms with van der Waals surface area (Å²) < 4.78 is 4.40. The average molecular weight is 201 g/mol. The largest absolute Gasteiger partial charge is 0.269 e. The maximum absolute atomic E-state index is 4.40. The van der Waals surface area contributed by atoms with Crippen molar-refractivity contribution in [1.82, 2.24) is 0 Å². The zero-order valence-electron chi connectivity index (χ0n) is 9.26. The van der Waals surface area contributed by atoms with E-state index in [0.29, 0.717) is 0 Å². The van der Waals surface area contributed by atoms with Crippen LogP contribution in [0.25, 0.3) is 0 Å². The van der Waals surface area contributed by atoms with Crippen molar-refractivity contribution in [2.75, 3.05) is 12.7 Å². The highest BCUT2D eigenvalue weighted by atomic mass is 31.1. The number of unbranched alkanes of at least 4 members (excludes halogenated alkanes) is 6. The molecule has 0 unspecified atom stereocenters. The molecule has 0 saturated carbocycles. The van der Waals surface area contributed by atoms with Crippen LogP contribution in [-0.2, 0) is 0 Å². The zero-order valence-corrected chi connectivity index (χ0v) is 10.2. The van der Waals surface area contributed by atoms with Gasteiger partial charge in [0.15, 0.2) is 0 Å². The number of hydrogen-bond acceptors (Lipinski definition) is 1. The lowest BCUT2D eigenvalue weighted by Crippen LogP contribution is -1.81. The fourth-order valence-electron chi connectivity index (χ4n) is 1.31. The normalized spacial score (nSPS) is 11.2. The van der Waals surface area contributed by atoms with Gasteiger partial charge >= 0.3 is 0 Å². The molecule has 0 aliphatic heterocycles. The molecule has 0 bridgehead atoms. The van der Waals surface area contributed by atoms with Gasteiger partial charge in [0.25, 0.3) is 0 Å². The van der Waals surface area contributed by atoms with E-state index in [1.54, 1.807) is 0 Å². The van der Waals surface area contributed by atoms with Crippen molar-refractivity contribution in [2.45, 2.75) is 58.8 Å². The van der Waals surface area contributed by atoms with Gasteiger partial charge in [-0.05, 0) is 6.42 Å². The van der Waals surface area contributed by atoms with Crippen molar-refractivity contribution in [3.8, 4) is 0 Å². The topological polar surface area (TPSA) is 12.4 Å². The first kappa shape index (κ1) is 13.1. The van der Waals surface area contributed by atoms with Crippen LogP contribution in [0.1, 0.15) is 58.8 Å². The van der Waals surface area contributed by atoms with Gasteiger partial charge in [-0.15, -0.1) is 0 Å². The molecule has 0 rings (SSSR count). The first-order valence-electron chi connectivity index (χ1n) is 5.75. The lowest BCUT2D eigenvalue weighted by molar-refractivity contribution is 0.594. The standard InChI is InChI=1S/C11H24NP/c1-3-5-6-7-8-9-10-11-12-13-4-2/h3-11H2,1-2H3. The molecular formula is C11H24NP. The Morgan fingerprint density at radius 1 is 0.846 bits per heavy atom. The van der Waals surface area contributed by atoms with Crippen LogP contribution in [0.2, 0.25) is 0 Å². The van der Waals surface area contributed by atoms with E-state index in [9.17, 15) is 0 Å². The van der Waals surface area contributed by atoms with Crippen LogP contribution in [0.5, 0.6) is 0 Å². The quantitative estimate of drug-likeness (QED) is 0.372. The molecule has 0 N–H and O–H groups in total. The molecule has 0 amide bonds. The molecule has 0 fully saturated rings. The van der Waals surface area contributed by atoms with Crippen molar-refractivity contribution in [3.05, 3.63) is 0 Å². The second-order valence-electron chi connectivity index (χ2n) is 3.44. The number of nitrogens with zero attached hydrogens (tertiary/aromatic N) is 1. The van der Waals surface area contributed by atoms with Crippen LogP contribution in [0.3, 0.4) is 0 Å². The Kier molecular flexibility index (Phi) is 12.2. The first-order valence-corrected chi connectivity index (χ1v) is 6.78. The molecule has 78 valence electrons. The molecule has 0 aliphatic carbocycles. The molecule has 0 aromatic rings. The fraction of sp³-hybridized carbons (Fsp3) is 1.00. The second kappa shape index (κ2) is 12.1. The van der Waals surface area contributed by atoms with Gasteiger partial charge in [0, 0.05) is 21.1 Å². The average Bonchev–Trinajstić information content (AvgIpc) is 2.16. The SMILES string of the molecule is CCCCCCCCCN=PCC. The molecule has 0 spiro atoms. The molecule has 0 atom stereocenters. The van der Waals surface area contributed by atoms with Crippen molar-refractivity contribution in [2.24, 2.45) is 4.74 Å². The van der Waals surface area contributed by atoms with Crippen LogP contribution in [-0.4, -0.2) is 12.7 Å². The molecule has 0 aromatic heterocycles. The summed E-state index contributed by atoms with van der Waals surface area (Å²) in [5.74, 6) is 0. The lowest BCUT2D eigenvalue weighted by atomic mass is 10.1. The summed E-state index contributed by atoms with van der Waals surface area (Å²) in [6.45, 7) is 5.53. The molecule has 0 saturated heterocycles. The van der Waals surface area contributed by atoms with Crippen molar-refractivity contribution in [1.29, 1.82) is 0 Å². The minimum atomic E-state index is 1.09. The van der Waals surface area contributed by atoms with Crippen molar-refractivity contribution < 1.29 is 0 Å². The van der Waals surface area contributed by atoms with Gasteiger partial charge in [-0.25, -0.2) is 0 Å². The van der Waals surface area contributed by atoms with E-state index in [1.165, 1.54) is 59.5 Å². The summed E-state index contributed by atoms with van der Waals surface area (Å²) in [7, 11) is 1.28. The maximum Gasteiger partial charge on any atom is 0.0432 e. The van der Waals surface area contributed by atoms with Crippen molar-refractivity contribution >= 4 is 8.37 Å². The monoisotopic (exact) mass is 201 g/mol. The fourth-order valence-corrected chi connectivity index (χ4v) is 1.79. The third-order valence-corrected chi connectivity index (χ3v) is 2.79. The summed E-state index contributed by atoms with van der Waals surface area (Å²) >= 11 is 0. The molecule has 0 aromatic carbocycles. The molecular weight excluding hydrogens is 177 g/mol. The van der Waals surface area contributed by atoms with Gasteiger partial charge < -0.3 is 0 Å². The Labute approximate surface area is 85.2 Å². The number of hydrogen-bond donors (Lipinski definition) is 0. The van der Waals surface area contributed by atoms with Crippen LogP contribution in [0.15, 0.2) is 4.74 Å². The van der Waals surface area contributed by atoms with Crippen LogP contribution in [0.4, 0.5) is 0 Å². The zero-order chi connectivity index (χ0) is 9.78. The minimum Gasteiger partial charge on any atom is -0.269 e. The Bertz CT molecular complexity index is 113. The van der Waals surface area contributed by atoms with E-state index < -0.39 is 0 Å². The Balaban J connectivity index is 2.87. The Morgan fingerprint density at radius 2 is 1.46 bits per heavy atom. The van der Waals surface area contributed by atoms with Crippen LogP contribution >= 0.6 is 8.37 Å². The van der Waals surface area contributed by atoms with E-state index in [1.807, 2.05) is 0 Å². The third-order valence-electron chi connectivity index (χ3n) is 2.10. The van der Waals surface area contributed by atoms with Gasteiger partial charge in [0.2, 0.25) is 0 Å². The van der Waals surface area contributed by atoms with Gasteiger partial charge in [-0.2, -0.15) is 0 Å². The highest BCUT2D eigenvalue weighted by molar-refractivity contribution is 7.26. The predicted molar refractivity (Wildman–Crippen MR) is 62.7 cm³/mol. The van der Waals surface area contributed by atoms with E-state index in [2.05, 4.69) is 18.6 Å². The highest BCUT2D eigenvalue weighted by Crippen LogP contribution is 2.07. The van der Waals surface area contributed by atoms with Gasteiger partial charge in [-0.3, -0.25) is 4.74 Å².